The molecule has 4 heteroatoms. The molecular weight excluding hydrogens is 232 g/mol. The summed E-state index contributed by atoms with van der Waals surface area (Å²) < 4.78 is 10.5. The third-order valence-electron chi connectivity index (χ3n) is 3.99. The normalized spacial score (nSPS) is 33.2. The molecule has 2 rings (SSSR count). The minimum atomic E-state index is -0.319. The van der Waals surface area contributed by atoms with Crippen molar-refractivity contribution in [3.63, 3.8) is 0 Å². The van der Waals surface area contributed by atoms with Crippen LogP contribution in [0.4, 0.5) is 0 Å². The van der Waals surface area contributed by atoms with Crippen LogP contribution in [0.2, 0.25) is 0 Å². The lowest BCUT2D eigenvalue weighted by Crippen LogP contribution is -2.31. The van der Waals surface area contributed by atoms with Crippen molar-refractivity contribution >= 4 is 11.9 Å². The topological polar surface area (TPSA) is 52.6 Å². The second-order valence-corrected chi connectivity index (χ2v) is 5.31. The van der Waals surface area contributed by atoms with Gasteiger partial charge in [-0.2, -0.15) is 0 Å². The number of carbonyl (C=O) groups is 2. The van der Waals surface area contributed by atoms with Gasteiger partial charge in [0.25, 0.3) is 0 Å². The lowest BCUT2D eigenvalue weighted by Gasteiger charge is -2.26. The fourth-order valence-electron chi connectivity index (χ4n) is 3.14. The number of hydrogen-bond acceptors (Lipinski definition) is 4. The Morgan fingerprint density at radius 3 is 2.44 bits per heavy atom. The number of esters is 2. The summed E-state index contributed by atoms with van der Waals surface area (Å²) in [6, 6.07) is 0. The van der Waals surface area contributed by atoms with E-state index < -0.39 is 0 Å². The Hall–Kier alpha value is -1.32. The fourth-order valence-corrected chi connectivity index (χ4v) is 3.14. The summed E-state index contributed by atoms with van der Waals surface area (Å²) in [4.78, 5) is 23.2. The first-order chi connectivity index (χ1) is 8.52. The summed E-state index contributed by atoms with van der Waals surface area (Å²) in [7, 11) is 0. The van der Waals surface area contributed by atoms with E-state index in [2.05, 4.69) is 6.58 Å². The average molecular weight is 252 g/mol. The van der Waals surface area contributed by atoms with Gasteiger partial charge in [-0.05, 0) is 44.9 Å². The lowest BCUT2D eigenvalue weighted by molar-refractivity contribution is -0.153. The van der Waals surface area contributed by atoms with Gasteiger partial charge in [0.2, 0.25) is 0 Å². The van der Waals surface area contributed by atoms with Crippen LogP contribution in [0.1, 0.15) is 33.1 Å². The van der Waals surface area contributed by atoms with E-state index in [1.807, 2.05) is 6.92 Å². The molecule has 4 atom stereocenters. The molecule has 0 amide bonds. The van der Waals surface area contributed by atoms with Crippen molar-refractivity contribution in [2.75, 3.05) is 6.61 Å². The molecule has 0 N–H and O–H groups in total. The van der Waals surface area contributed by atoms with Crippen molar-refractivity contribution in [1.29, 1.82) is 0 Å². The Balaban J connectivity index is 1.89. The van der Waals surface area contributed by atoms with E-state index in [0.717, 1.165) is 19.3 Å². The molecule has 100 valence electrons. The Morgan fingerprint density at radius 2 is 1.94 bits per heavy atom. The molecule has 0 spiro atoms. The van der Waals surface area contributed by atoms with E-state index >= 15 is 0 Å². The highest BCUT2D eigenvalue weighted by molar-refractivity contribution is 5.87. The number of rotatable bonds is 4. The highest BCUT2D eigenvalue weighted by atomic mass is 16.5. The van der Waals surface area contributed by atoms with Crippen LogP contribution in [0, 0.1) is 17.8 Å². The van der Waals surface area contributed by atoms with Crippen molar-refractivity contribution in [3.8, 4) is 0 Å². The van der Waals surface area contributed by atoms with Gasteiger partial charge >= 0.3 is 11.9 Å². The SMILES string of the molecule is C=C(C)C(=O)OC1CC2CC1CC2C(=O)OCC. The number of fused-ring (bicyclic) bond motifs is 2. The standard InChI is InChI=1S/C14H20O4/c1-4-17-14(16)11-6-10-5-9(11)7-12(10)18-13(15)8(2)3/h9-12H,2,4-7H2,1,3H3. The van der Waals surface area contributed by atoms with Crippen LogP contribution in [0.3, 0.4) is 0 Å². The van der Waals surface area contributed by atoms with Crippen LogP contribution in [0.5, 0.6) is 0 Å². The van der Waals surface area contributed by atoms with Crippen molar-refractivity contribution in [2.24, 2.45) is 17.8 Å². The zero-order valence-electron chi connectivity index (χ0n) is 11.0. The summed E-state index contributed by atoms with van der Waals surface area (Å²) in [5, 5.41) is 0. The van der Waals surface area contributed by atoms with E-state index in [1.54, 1.807) is 6.92 Å². The Morgan fingerprint density at radius 1 is 1.22 bits per heavy atom. The van der Waals surface area contributed by atoms with Gasteiger partial charge in [0.1, 0.15) is 6.10 Å². The zero-order chi connectivity index (χ0) is 13.3. The average Bonchev–Trinajstić information content (AvgIpc) is 2.88. The second-order valence-electron chi connectivity index (χ2n) is 5.31. The largest absolute Gasteiger partial charge is 0.466 e. The van der Waals surface area contributed by atoms with Crippen LogP contribution in [-0.2, 0) is 19.1 Å². The minimum absolute atomic E-state index is 0.00901. The molecule has 2 saturated carbocycles. The molecule has 2 aliphatic rings. The fraction of sp³-hybridized carbons (Fsp3) is 0.714. The number of ether oxygens (including phenoxy) is 2. The maximum Gasteiger partial charge on any atom is 0.333 e. The van der Waals surface area contributed by atoms with Gasteiger partial charge < -0.3 is 9.47 Å². The predicted octanol–water partition coefficient (Wildman–Crippen LogP) is 2.08. The molecule has 0 aromatic heterocycles. The van der Waals surface area contributed by atoms with Crippen molar-refractivity contribution in [3.05, 3.63) is 12.2 Å². The summed E-state index contributed by atoms with van der Waals surface area (Å²) in [6.45, 7) is 7.48. The highest BCUT2D eigenvalue weighted by Gasteiger charge is 2.50. The molecule has 0 aromatic rings. The summed E-state index contributed by atoms with van der Waals surface area (Å²) in [5.74, 6) is 0.231. The maximum absolute atomic E-state index is 11.7. The van der Waals surface area contributed by atoms with Crippen LogP contribution in [-0.4, -0.2) is 24.6 Å². The first kappa shape index (κ1) is 13.1. The first-order valence-corrected chi connectivity index (χ1v) is 6.56. The predicted molar refractivity (Wildman–Crippen MR) is 65.6 cm³/mol. The van der Waals surface area contributed by atoms with Gasteiger partial charge in [-0.15, -0.1) is 0 Å². The van der Waals surface area contributed by atoms with Crippen molar-refractivity contribution in [1.82, 2.24) is 0 Å². The first-order valence-electron chi connectivity index (χ1n) is 6.56. The molecule has 0 saturated heterocycles. The summed E-state index contributed by atoms with van der Waals surface area (Å²) in [6.07, 6.45) is 2.51. The van der Waals surface area contributed by atoms with E-state index in [4.69, 9.17) is 9.47 Å². The van der Waals surface area contributed by atoms with Crippen LogP contribution in [0.15, 0.2) is 12.2 Å². The molecule has 2 bridgehead atoms. The Kier molecular flexibility index (Phi) is 3.73. The quantitative estimate of drug-likeness (QED) is 0.568. The van der Waals surface area contributed by atoms with E-state index in [9.17, 15) is 9.59 Å². The summed E-state index contributed by atoms with van der Waals surface area (Å²) in [5.41, 5.74) is 0.430. The van der Waals surface area contributed by atoms with Crippen LogP contribution in [0.25, 0.3) is 0 Å². The van der Waals surface area contributed by atoms with Gasteiger partial charge in [-0.3, -0.25) is 4.79 Å². The highest BCUT2D eigenvalue weighted by Crippen LogP contribution is 2.50. The maximum atomic E-state index is 11.7. The molecule has 0 heterocycles. The second kappa shape index (κ2) is 5.12. The molecule has 0 radical (unpaired) electrons. The van der Waals surface area contributed by atoms with Gasteiger partial charge in [0.15, 0.2) is 0 Å². The van der Waals surface area contributed by atoms with Crippen molar-refractivity contribution in [2.45, 2.75) is 39.2 Å². The molecule has 0 aromatic carbocycles. The summed E-state index contributed by atoms with van der Waals surface area (Å²) >= 11 is 0. The molecule has 0 aliphatic heterocycles. The van der Waals surface area contributed by atoms with Crippen LogP contribution >= 0.6 is 0 Å². The van der Waals surface area contributed by atoms with E-state index in [-0.39, 0.29) is 24.0 Å². The van der Waals surface area contributed by atoms with Gasteiger partial charge in [-0.1, -0.05) is 6.58 Å². The van der Waals surface area contributed by atoms with E-state index in [0.29, 0.717) is 24.0 Å². The van der Waals surface area contributed by atoms with Crippen molar-refractivity contribution < 1.29 is 19.1 Å². The smallest absolute Gasteiger partial charge is 0.333 e. The van der Waals surface area contributed by atoms with Crippen LogP contribution < -0.4 is 0 Å². The third kappa shape index (κ3) is 2.42. The lowest BCUT2D eigenvalue weighted by atomic mass is 9.87. The minimum Gasteiger partial charge on any atom is -0.466 e. The van der Waals surface area contributed by atoms with Gasteiger partial charge in [0.05, 0.1) is 12.5 Å². The number of hydrogen-bond donors (Lipinski definition) is 0. The molecular formula is C14H20O4. The molecule has 4 nitrogen and oxygen atoms in total. The van der Waals surface area contributed by atoms with E-state index in [1.165, 1.54) is 0 Å². The Bertz CT molecular complexity index is 374. The monoisotopic (exact) mass is 252 g/mol. The molecule has 2 aliphatic carbocycles. The van der Waals surface area contributed by atoms with Gasteiger partial charge in [-0.25, -0.2) is 4.79 Å². The third-order valence-corrected chi connectivity index (χ3v) is 3.99. The molecule has 2 fully saturated rings. The van der Waals surface area contributed by atoms with Gasteiger partial charge in [0, 0.05) is 5.57 Å². The zero-order valence-corrected chi connectivity index (χ0v) is 11.0. The number of carbonyl (C=O) groups excluding carboxylic acids is 2. The Labute approximate surface area is 107 Å². The molecule has 4 unspecified atom stereocenters. The molecule has 18 heavy (non-hydrogen) atoms.